The molecule has 0 bridgehead atoms. The van der Waals surface area contributed by atoms with Gasteiger partial charge in [0.15, 0.2) is 5.76 Å². The molecule has 0 unspecified atom stereocenters. The van der Waals surface area contributed by atoms with Crippen LogP contribution >= 0.6 is 0 Å². The quantitative estimate of drug-likeness (QED) is 0.720. The number of benzene rings is 1. The number of carbonyl (C=O) groups excluding carboxylic acids is 1. The van der Waals surface area contributed by atoms with Gasteiger partial charge in [-0.05, 0) is 56.2 Å². The fraction of sp³-hybridized carbons (Fsp3) is 0.609. The molecule has 0 saturated carbocycles. The van der Waals surface area contributed by atoms with Crippen LogP contribution in [0.4, 0.5) is 0 Å². The van der Waals surface area contributed by atoms with Crippen LogP contribution in [0.3, 0.4) is 0 Å². The third-order valence-corrected chi connectivity index (χ3v) is 8.30. The van der Waals surface area contributed by atoms with Crippen LogP contribution in [0, 0.1) is 18.8 Å². The summed E-state index contributed by atoms with van der Waals surface area (Å²) < 4.78 is 34.1. The van der Waals surface area contributed by atoms with E-state index in [9.17, 15) is 13.2 Å². The fourth-order valence-electron chi connectivity index (χ4n) is 4.93. The van der Waals surface area contributed by atoms with Crippen LogP contribution < -0.4 is 0 Å². The highest BCUT2D eigenvalue weighted by molar-refractivity contribution is 7.89. The Kier molecular flexibility index (Phi) is 5.95. The normalized spacial score (nSPS) is 24.2. The Morgan fingerprint density at radius 3 is 2.30 bits per heavy atom. The van der Waals surface area contributed by atoms with Gasteiger partial charge >= 0.3 is 0 Å². The number of piperidine rings is 1. The largest absolute Gasteiger partial charge is 0.451 e. The lowest BCUT2D eigenvalue weighted by Crippen LogP contribution is -2.42. The van der Waals surface area contributed by atoms with Gasteiger partial charge in [0.05, 0.1) is 4.90 Å². The van der Waals surface area contributed by atoms with Crippen molar-refractivity contribution in [3.05, 3.63) is 29.5 Å². The Balaban J connectivity index is 1.66. The first-order valence-corrected chi connectivity index (χ1v) is 12.5. The predicted molar refractivity (Wildman–Crippen MR) is 117 cm³/mol. The van der Waals surface area contributed by atoms with E-state index in [-0.39, 0.29) is 10.8 Å². The Hall–Kier alpha value is -1.86. The minimum Gasteiger partial charge on any atom is -0.451 e. The molecule has 6 nitrogen and oxygen atoms in total. The summed E-state index contributed by atoms with van der Waals surface area (Å²) in [6, 6.07) is 4.96. The first-order chi connectivity index (χ1) is 14.3. The molecule has 7 heteroatoms. The monoisotopic (exact) mass is 432 g/mol. The molecule has 1 aromatic heterocycles. The molecule has 30 heavy (non-hydrogen) atoms. The van der Waals surface area contributed by atoms with Crippen LogP contribution in [-0.4, -0.2) is 49.7 Å². The highest BCUT2D eigenvalue weighted by Crippen LogP contribution is 2.32. The van der Waals surface area contributed by atoms with Crippen molar-refractivity contribution < 1.29 is 17.6 Å². The van der Waals surface area contributed by atoms with Gasteiger partial charge in [-0.15, -0.1) is 0 Å². The zero-order chi connectivity index (χ0) is 21.5. The summed E-state index contributed by atoms with van der Waals surface area (Å²) in [4.78, 5) is 15.2. The number of aryl methyl sites for hydroxylation is 1. The summed E-state index contributed by atoms with van der Waals surface area (Å²) in [7, 11) is -3.58. The summed E-state index contributed by atoms with van der Waals surface area (Å²) in [6.45, 7) is 8.64. The predicted octanol–water partition coefficient (Wildman–Crippen LogP) is 4.42. The molecule has 0 aliphatic carbocycles. The molecular formula is C23H32N2O4S. The minimum absolute atomic E-state index is 0.0892. The third kappa shape index (κ3) is 4.02. The lowest BCUT2D eigenvalue weighted by Gasteiger charge is -2.34. The van der Waals surface area contributed by atoms with Gasteiger partial charge in [0.2, 0.25) is 10.0 Å². The summed E-state index contributed by atoms with van der Waals surface area (Å²) in [5.41, 5.74) is 1.28. The Morgan fingerprint density at radius 2 is 1.67 bits per heavy atom. The van der Waals surface area contributed by atoms with Crippen LogP contribution in [-0.2, 0) is 10.0 Å². The van der Waals surface area contributed by atoms with E-state index < -0.39 is 10.0 Å². The standard InChI is InChI=1S/C23H32N2O4S/c1-16-12-17(2)15-25(14-16)30(27,28)19-8-9-21-20(13-19)18(3)22(29-21)23(26)24-10-6-4-5-7-11-24/h8-9,13,16-17H,4-7,10-12,14-15H2,1-3H3/t16-,17+. The number of nitrogens with zero attached hydrogens (tertiary/aromatic N) is 2. The van der Waals surface area contributed by atoms with Crippen LogP contribution in [0.1, 0.15) is 62.1 Å². The molecule has 2 aliphatic rings. The van der Waals surface area contributed by atoms with E-state index >= 15 is 0 Å². The Morgan fingerprint density at radius 1 is 1.03 bits per heavy atom. The van der Waals surface area contributed by atoms with Gasteiger partial charge < -0.3 is 9.32 Å². The van der Waals surface area contributed by atoms with E-state index in [1.54, 1.807) is 22.5 Å². The second-order valence-corrected chi connectivity index (χ2v) is 11.1. The first-order valence-electron chi connectivity index (χ1n) is 11.1. The number of likely N-dealkylation sites (tertiary alicyclic amines) is 1. The number of sulfonamides is 1. The second-order valence-electron chi connectivity index (χ2n) is 9.19. The van der Waals surface area contributed by atoms with E-state index in [0.717, 1.165) is 50.8 Å². The minimum atomic E-state index is -3.58. The number of furan rings is 1. The first kappa shape index (κ1) is 21.4. The molecular weight excluding hydrogens is 400 g/mol. The van der Waals surface area contributed by atoms with E-state index in [1.165, 1.54) is 0 Å². The lowest BCUT2D eigenvalue weighted by atomic mass is 9.94. The molecule has 3 heterocycles. The van der Waals surface area contributed by atoms with E-state index in [2.05, 4.69) is 13.8 Å². The Bertz CT molecular complexity index is 1020. The van der Waals surface area contributed by atoms with E-state index in [1.807, 2.05) is 11.8 Å². The number of rotatable bonds is 3. The van der Waals surface area contributed by atoms with Crippen molar-refractivity contribution in [2.24, 2.45) is 11.8 Å². The van der Waals surface area contributed by atoms with Gasteiger partial charge in [0.25, 0.3) is 5.91 Å². The number of hydrogen-bond acceptors (Lipinski definition) is 4. The smallest absolute Gasteiger partial charge is 0.289 e. The maximum absolute atomic E-state index is 13.3. The molecule has 0 radical (unpaired) electrons. The van der Waals surface area contributed by atoms with Crippen molar-refractivity contribution in [1.29, 1.82) is 0 Å². The number of amides is 1. The van der Waals surface area contributed by atoms with E-state index in [4.69, 9.17) is 4.42 Å². The summed E-state index contributed by atoms with van der Waals surface area (Å²) >= 11 is 0. The maximum atomic E-state index is 13.3. The van der Waals surface area contributed by atoms with Crippen LogP contribution in [0.5, 0.6) is 0 Å². The average molecular weight is 433 g/mol. The average Bonchev–Trinajstić information content (AvgIpc) is 2.87. The van der Waals surface area contributed by atoms with Crippen molar-refractivity contribution in [3.8, 4) is 0 Å². The second kappa shape index (κ2) is 8.35. The molecule has 0 spiro atoms. The molecule has 2 fully saturated rings. The van der Waals surface area contributed by atoms with E-state index in [0.29, 0.717) is 41.7 Å². The summed E-state index contributed by atoms with van der Waals surface area (Å²) in [5.74, 6) is 0.942. The SMILES string of the molecule is Cc1c(C(=O)N2CCCCCC2)oc2ccc(S(=O)(=O)N3C[C@H](C)C[C@H](C)C3)cc12. The van der Waals surface area contributed by atoms with Gasteiger partial charge in [-0.25, -0.2) is 8.42 Å². The third-order valence-electron chi connectivity index (χ3n) is 6.47. The molecule has 1 aromatic carbocycles. The van der Waals surface area contributed by atoms with Crippen LogP contribution in [0.25, 0.3) is 11.0 Å². The van der Waals surface area contributed by atoms with Crippen molar-refractivity contribution in [3.63, 3.8) is 0 Å². The summed E-state index contributed by atoms with van der Waals surface area (Å²) in [6.07, 6.45) is 5.38. The molecule has 1 amide bonds. The van der Waals surface area contributed by atoms with Crippen molar-refractivity contribution in [2.45, 2.75) is 57.8 Å². The highest BCUT2D eigenvalue weighted by atomic mass is 32.2. The van der Waals surface area contributed by atoms with Gasteiger partial charge in [-0.3, -0.25) is 4.79 Å². The highest BCUT2D eigenvalue weighted by Gasteiger charge is 2.32. The molecule has 2 aromatic rings. The maximum Gasteiger partial charge on any atom is 0.289 e. The number of carbonyl (C=O) groups is 1. The molecule has 0 N–H and O–H groups in total. The lowest BCUT2D eigenvalue weighted by molar-refractivity contribution is 0.0731. The van der Waals surface area contributed by atoms with Gasteiger partial charge in [-0.1, -0.05) is 26.7 Å². The molecule has 4 rings (SSSR count). The molecule has 2 atom stereocenters. The zero-order valence-corrected chi connectivity index (χ0v) is 19.0. The van der Waals surface area contributed by atoms with Crippen molar-refractivity contribution in [1.82, 2.24) is 9.21 Å². The van der Waals surface area contributed by atoms with Gasteiger partial charge in [0.1, 0.15) is 5.58 Å². The molecule has 2 aliphatic heterocycles. The topological polar surface area (TPSA) is 70.8 Å². The van der Waals surface area contributed by atoms with Gasteiger partial charge in [0, 0.05) is 37.1 Å². The molecule has 2 saturated heterocycles. The fourth-order valence-corrected chi connectivity index (χ4v) is 6.64. The van der Waals surface area contributed by atoms with Crippen molar-refractivity contribution >= 4 is 26.9 Å². The van der Waals surface area contributed by atoms with Crippen molar-refractivity contribution in [2.75, 3.05) is 26.2 Å². The number of hydrogen-bond donors (Lipinski definition) is 0. The van der Waals surface area contributed by atoms with Gasteiger partial charge in [-0.2, -0.15) is 4.31 Å². The van der Waals surface area contributed by atoms with Crippen LogP contribution in [0.2, 0.25) is 0 Å². The molecule has 164 valence electrons. The zero-order valence-electron chi connectivity index (χ0n) is 18.2. The number of fused-ring (bicyclic) bond motifs is 1. The Labute approximate surface area is 179 Å². The van der Waals surface area contributed by atoms with Crippen LogP contribution in [0.15, 0.2) is 27.5 Å². The summed E-state index contributed by atoms with van der Waals surface area (Å²) in [5, 5.41) is 0.701.